The number of nitrogens with zero attached hydrogens (tertiary/aromatic N) is 5. The Balaban J connectivity index is 1.38. The Morgan fingerprint density at radius 2 is 1.64 bits per heavy atom. The Hall–Kier alpha value is -4.63. The van der Waals surface area contributed by atoms with Crippen molar-refractivity contribution in [2.24, 2.45) is 0 Å². The first kappa shape index (κ1) is 20.7. The van der Waals surface area contributed by atoms with Crippen LogP contribution < -0.4 is 5.01 Å². The molecule has 8 nitrogen and oxygen atoms in total. The van der Waals surface area contributed by atoms with E-state index in [1.165, 1.54) is 23.9 Å². The number of hydrogen-bond donors (Lipinski definition) is 0. The lowest BCUT2D eigenvalue weighted by molar-refractivity contribution is -0.384. The van der Waals surface area contributed by atoms with Crippen molar-refractivity contribution in [3.63, 3.8) is 0 Å². The van der Waals surface area contributed by atoms with Crippen LogP contribution in [-0.2, 0) is 0 Å². The Labute approximate surface area is 208 Å². The summed E-state index contributed by atoms with van der Waals surface area (Å²) in [6.07, 6.45) is 0. The van der Waals surface area contributed by atoms with Gasteiger partial charge >= 0.3 is 0 Å². The molecule has 1 aliphatic rings. The highest BCUT2D eigenvalue weighted by molar-refractivity contribution is 7.99. The van der Waals surface area contributed by atoms with Crippen molar-refractivity contribution in [2.45, 2.75) is 10.5 Å². The van der Waals surface area contributed by atoms with Crippen molar-refractivity contribution in [3.8, 4) is 11.6 Å². The minimum atomic E-state index is -0.390. The summed E-state index contributed by atoms with van der Waals surface area (Å²) in [5.41, 5.74) is 2.70. The second-order valence-electron chi connectivity index (χ2n) is 8.43. The smallest absolute Gasteiger partial charge is 0.269 e. The van der Waals surface area contributed by atoms with E-state index in [2.05, 4.69) is 33.4 Å². The Morgan fingerprint density at radius 3 is 2.44 bits per heavy atom. The minimum Gasteiger partial charge on any atom is -0.453 e. The predicted molar refractivity (Wildman–Crippen MR) is 139 cm³/mol. The lowest BCUT2D eigenvalue weighted by atomic mass is 10.1. The Kier molecular flexibility index (Phi) is 4.58. The van der Waals surface area contributed by atoms with Crippen LogP contribution in [0, 0.1) is 10.1 Å². The van der Waals surface area contributed by atoms with Crippen LogP contribution in [-0.4, -0.2) is 19.8 Å². The van der Waals surface area contributed by atoms with E-state index in [1.807, 2.05) is 59.3 Å². The number of non-ortho nitro benzene ring substituents is 1. The van der Waals surface area contributed by atoms with Crippen molar-refractivity contribution < 1.29 is 9.34 Å². The summed E-state index contributed by atoms with van der Waals surface area (Å²) in [7, 11) is 0. The second kappa shape index (κ2) is 7.96. The Morgan fingerprint density at radius 1 is 0.861 bits per heavy atom. The van der Waals surface area contributed by atoms with Crippen molar-refractivity contribution in [2.75, 3.05) is 5.01 Å². The van der Waals surface area contributed by atoms with E-state index in [4.69, 9.17) is 4.42 Å². The topological polar surface area (TPSA) is 90.2 Å². The third-order valence-electron chi connectivity index (χ3n) is 6.32. The number of nitro groups is 1. The van der Waals surface area contributed by atoms with Crippen LogP contribution in [0.2, 0.25) is 0 Å². The quantitative estimate of drug-likeness (QED) is 0.197. The third kappa shape index (κ3) is 3.17. The first-order chi connectivity index (χ1) is 17.7. The first-order valence-corrected chi connectivity index (χ1v) is 12.2. The number of para-hydroxylation sites is 1. The molecule has 3 heterocycles. The number of benzene rings is 4. The van der Waals surface area contributed by atoms with Crippen molar-refractivity contribution in [1.82, 2.24) is 14.9 Å². The zero-order valence-electron chi connectivity index (χ0n) is 18.7. The van der Waals surface area contributed by atoms with Gasteiger partial charge in [0.05, 0.1) is 10.6 Å². The molecule has 0 saturated carbocycles. The normalized spacial score (nSPS) is 15.0. The maximum absolute atomic E-state index is 11.2. The van der Waals surface area contributed by atoms with Gasteiger partial charge in [-0.2, -0.15) is 0 Å². The van der Waals surface area contributed by atoms with Gasteiger partial charge in [-0.05, 0) is 52.7 Å². The van der Waals surface area contributed by atoms with Gasteiger partial charge in [0.1, 0.15) is 11.0 Å². The lowest BCUT2D eigenvalue weighted by Gasteiger charge is -2.27. The molecule has 0 amide bonds. The molecule has 0 aliphatic carbocycles. The molecular formula is C27H17N5O3S. The number of rotatable bonds is 4. The van der Waals surface area contributed by atoms with Gasteiger partial charge in [0.25, 0.3) is 5.69 Å². The molecule has 6 aromatic rings. The van der Waals surface area contributed by atoms with Gasteiger partial charge in [0.15, 0.2) is 5.76 Å². The van der Waals surface area contributed by atoms with Crippen LogP contribution in [0.15, 0.2) is 107 Å². The van der Waals surface area contributed by atoms with E-state index in [1.54, 1.807) is 12.1 Å². The molecule has 174 valence electrons. The zero-order chi connectivity index (χ0) is 24.2. The molecule has 1 atom stereocenters. The van der Waals surface area contributed by atoms with Crippen LogP contribution in [0.3, 0.4) is 0 Å². The van der Waals surface area contributed by atoms with E-state index < -0.39 is 0 Å². The predicted octanol–water partition coefficient (Wildman–Crippen LogP) is 6.83. The summed E-state index contributed by atoms with van der Waals surface area (Å²) < 4.78 is 8.24. The number of fused-ring (bicyclic) bond motifs is 4. The van der Waals surface area contributed by atoms with Gasteiger partial charge in [-0.15, -0.1) is 10.2 Å². The summed E-state index contributed by atoms with van der Waals surface area (Å²) in [5.74, 6) is 1.21. The molecule has 0 bridgehead atoms. The molecule has 1 unspecified atom stereocenters. The molecule has 0 radical (unpaired) electrons. The molecule has 0 saturated heterocycles. The summed E-state index contributed by atoms with van der Waals surface area (Å²) in [4.78, 5) is 10.8. The average molecular weight is 492 g/mol. The monoisotopic (exact) mass is 491 g/mol. The van der Waals surface area contributed by atoms with Crippen LogP contribution in [0.1, 0.15) is 10.9 Å². The standard InChI is InChI=1S/C27H17N5O3S/c33-32(34)20-13-10-18(11-14-20)26-30(19-7-2-1-3-8-19)31-25(28-29-27(31)36-26)24-16-22-21-9-5-4-6-17(21)12-15-23(22)35-24/h1-16,26H. The molecule has 0 N–H and O–H groups in total. The van der Waals surface area contributed by atoms with Gasteiger partial charge in [0, 0.05) is 17.5 Å². The molecule has 0 fully saturated rings. The summed E-state index contributed by atoms with van der Waals surface area (Å²) in [6, 6.07) is 30.8. The maximum Gasteiger partial charge on any atom is 0.269 e. The number of hydrogen-bond acceptors (Lipinski definition) is 7. The highest BCUT2D eigenvalue weighted by atomic mass is 32.2. The molecular weight excluding hydrogens is 474 g/mol. The molecule has 4 aromatic carbocycles. The zero-order valence-corrected chi connectivity index (χ0v) is 19.5. The number of anilines is 1. The minimum absolute atomic E-state index is 0.0580. The van der Waals surface area contributed by atoms with Gasteiger partial charge in [0.2, 0.25) is 11.0 Å². The molecule has 0 spiro atoms. The van der Waals surface area contributed by atoms with Gasteiger partial charge in [-0.25, -0.2) is 4.68 Å². The summed E-state index contributed by atoms with van der Waals surface area (Å²) in [6.45, 7) is 0. The van der Waals surface area contributed by atoms with E-state index in [9.17, 15) is 10.1 Å². The van der Waals surface area contributed by atoms with E-state index >= 15 is 0 Å². The molecule has 1 aliphatic heterocycles. The average Bonchev–Trinajstić information content (AvgIpc) is 3.62. The van der Waals surface area contributed by atoms with Crippen molar-refractivity contribution in [1.29, 1.82) is 0 Å². The Bertz CT molecular complexity index is 1760. The lowest BCUT2D eigenvalue weighted by Crippen LogP contribution is -2.28. The summed E-state index contributed by atoms with van der Waals surface area (Å²) >= 11 is 1.54. The molecule has 36 heavy (non-hydrogen) atoms. The van der Waals surface area contributed by atoms with Crippen molar-refractivity contribution >= 4 is 44.9 Å². The van der Waals surface area contributed by atoms with Crippen LogP contribution in [0.4, 0.5) is 11.4 Å². The number of nitro benzene ring substituents is 1. The second-order valence-corrected chi connectivity index (χ2v) is 9.47. The highest BCUT2D eigenvalue weighted by Gasteiger charge is 2.37. The number of furan rings is 1. The third-order valence-corrected chi connectivity index (χ3v) is 7.48. The van der Waals surface area contributed by atoms with Crippen molar-refractivity contribution in [3.05, 3.63) is 113 Å². The fourth-order valence-corrected chi connectivity index (χ4v) is 5.82. The fraction of sp³-hybridized carbons (Fsp3) is 0.0370. The van der Waals surface area contributed by atoms with Gasteiger partial charge in [-0.3, -0.25) is 15.1 Å². The van der Waals surface area contributed by atoms with Crippen LogP contribution in [0.5, 0.6) is 0 Å². The fourth-order valence-electron chi connectivity index (χ4n) is 4.65. The number of aromatic nitrogens is 3. The molecule has 7 rings (SSSR count). The maximum atomic E-state index is 11.2. The largest absolute Gasteiger partial charge is 0.453 e. The van der Waals surface area contributed by atoms with Crippen LogP contribution >= 0.6 is 11.8 Å². The number of thioether (sulfide) groups is 1. The van der Waals surface area contributed by atoms with E-state index in [0.29, 0.717) is 16.7 Å². The summed E-state index contributed by atoms with van der Waals surface area (Å²) in [5, 5.41) is 26.0. The van der Waals surface area contributed by atoms with Gasteiger partial charge < -0.3 is 4.42 Å². The first-order valence-electron chi connectivity index (χ1n) is 11.3. The molecule has 2 aromatic heterocycles. The SMILES string of the molecule is O=[N+]([O-])c1ccc(C2Sc3nnc(-c4cc5c(ccc6ccccc65)o4)n3N2c2ccccc2)cc1. The van der Waals surface area contributed by atoms with E-state index in [0.717, 1.165) is 33.0 Å². The van der Waals surface area contributed by atoms with Crippen LogP contribution in [0.25, 0.3) is 33.3 Å². The molecule has 9 heteroatoms. The van der Waals surface area contributed by atoms with E-state index in [-0.39, 0.29) is 16.0 Å². The highest BCUT2D eigenvalue weighted by Crippen LogP contribution is 2.48. The van der Waals surface area contributed by atoms with Gasteiger partial charge in [-0.1, -0.05) is 60.3 Å².